The first-order valence-corrected chi connectivity index (χ1v) is 8.55. The van der Waals surface area contributed by atoms with E-state index < -0.39 is 11.4 Å². The second-order valence-electron chi connectivity index (χ2n) is 6.43. The van der Waals surface area contributed by atoms with Crippen LogP contribution in [0.3, 0.4) is 0 Å². The smallest absolute Gasteiger partial charge is 0.280 e. The number of halogens is 1. The quantitative estimate of drug-likeness (QED) is 0.902. The van der Waals surface area contributed by atoms with Crippen LogP contribution in [0.2, 0.25) is 5.02 Å². The highest BCUT2D eigenvalue weighted by Gasteiger charge is 2.26. The summed E-state index contributed by atoms with van der Waals surface area (Å²) in [6, 6.07) is 5.31. The summed E-state index contributed by atoms with van der Waals surface area (Å²) >= 11 is 7.33. The molecule has 1 N–H and O–H groups in total. The number of anilines is 1. The van der Waals surface area contributed by atoms with Gasteiger partial charge in [0.25, 0.3) is 5.91 Å². The molecule has 6 nitrogen and oxygen atoms in total. The molecule has 0 spiro atoms. The number of aryl methyl sites for hydroxylation is 1. The maximum atomic E-state index is 12.8. The summed E-state index contributed by atoms with van der Waals surface area (Å²) in [4.78, 5) is 26.4. The Kier molecular flexibility index (Phi) is 5.56. The highest BCUT2D eigenvalue weighted by molar-refractivity contribution is 7.03. The van der Waals surface area contributed by atoms with Crippen LogP contribution in [0.1, 0.15) is 36.8 Å². The van der Waals surface area contributed by atoms with Crippen LogP contribution in [0.15, 0.2) is 23.6 Å². The largest absolute Gasteiger partial charge is 0.350 e. The van der Waals surface area contributed by atoms with Gasteiger partial charge in [0, 0.05) is 10.9 Å². The van der Waals surface area contributed by atoms with E-state index in [-0.39, 0.29) is 18.1 Å². The SMILES string of the molecule is Cc1ccc(Cl)c(N(CC(=O)NC(C)(C)C)C(=O)c2csnn2)c1. The van der Waals surface area contributed by atoms with Gasteiger partial charge in [0.1, 0.15) is 6.54 Å². The lowest BCUT2D eigenvalue weighted by Crippen LogP contribution is -2.47. The fraction of sp³-hybridized carbons (Fsp3) is 0.375. The van der Waals surface area contributed by atoms with E-state index >= 15 is 0 Å². The van der Waals surface area contributed by atoms with E-state index in [1.165, 1.54) is 4.90 Å². The molecule has 0 unspecified atom stereocenters. The zero-order valence-electron chi connectivity index (χ0n) is 14.0. The van der Waals surface area contributed by atoms with Gasteiger partial charge in [0.05, 0.1) is 10.7 Å². The van der Waals surface area contributed by atoms with Crippen molar-refractivity contribution in [2.45, 2.75) is 33.2 Å². The van der Waals surface area contributed by atoms with E-state index in [0.29, 0.717) is 10.7 Å². The lowest BCUT2D eigenvalue weighted by Gasteiger charge is -2.26. The number of benzene rings is 1. The Morgan fingerprint density at radius 1 is 1.33 bits per heavy atom. The molecular weight excluding hydrogens is 348 g/mol. The third-order valence-corrected chi connectivity index (χ3v) is 3.86. The van der Waals surface area contributed by atoms with Crippen molar-refractivity contribution in [3.63, 3.8) is 0 Å². The molecule has 2 aromatic rings. The van der Waals surface area contributed by atoms with Crippen molar-refractivity contribution < 1.29 is 9.59 Å². The standard InChI is InChI=1S/C16H19ClN4O2S/c1-10-5-6-11(17)13(7-10)21(8-14(22)18-16(2,3)4)15(23)12-9-24-20-19-12/h5-7,9H,8H2,1-4H3,(H,18,22). The summed E-state index contributed by atoms with van der Waals surface area (Å²) < 4.78 is 3.71. The van der Waals surface area contributed by atoms with Crippen LogP contribution < -0.4 is 10.2 Å². The fourth-order valence-corrected chi connectivity index (χ4v) is 2.74. The summed E-state index contributed by atoms with van der Waals surface area (Å²) in [5.74, 6) is -0.697. The molecule has 1 aromatic carbocycles. The zero-order valence-corrected chi connectivity index (χ0v) is 15.5. The van der Waals surface area contributed by atoms with Gasteiger partial charge in [-0.25, -0.2) is 0 Å². The normalized spacial score (nSPS) is 11.2. The van der Waals surface area contributed by atoms with Crippen LogP contribution in [-0.4, -0.2) is 33.5 Å². The first-order chi connectivity index (χ1) is 11.2. The van der Waals surface area contributed by atoms with Crippen molar-refractivity contribution in [2.24, 2.45) is 0 Å². The van der Waals surface area contributed by atoms with Crippen molar-refractivity contribution in [3.8, 4) is 0 Å². The Labute approximate surface area is 150 Å². The molecule has 0 aliphatic carbocycles. The predicted molar refractivity (Wildman–Crippen MR) is 95.7 cm³/mol. The van der Waals surface area contributed by atoms with E-state index in [2.05, 4.69) is 14.9 Å². The minimum Gasteiger partial charge on any atom is -0.350 e. The second-order valence-corrected chi connectivity index (χ2v) is 7.45. The van der Waals surface area contributed by atoms with Crippen LogP contribution in [-0.2, 0) is 4.79 Å². The molecule has 0 radical (unpaired) electrons. The molecule has 2 rings (SSSR count). The summed E-state index contributed by atoms with van der Waals surface area (Å²) in [6.45, 7) is 7.36. The highest BCUT2D eigenvalue weighted by Crippen LogP contribution is 2.28. The Morgan fingerprint density at radius 2 is 2.04 bits per heavy atom. The summed E-state index contributed by atoms with van der Waals surface area (Å²) in [5.41, 5.74) is 1.18. The van der Waals surface area contributed by atoms with Gasteiger partial charge in [-0.3, -0.25) is 14.5 Å². The Balaban J connectivity index is 2.36. The molecule has 0 saturated heterocycles. The van der Waals surface area contributed by atoms with Crippen LogP contribution in [0, 0.1) is 6.92 Å². The molecule has 1 heterocycles. The Bertz CT molecular complexity index is 741. The first-order valence-electron chi connectivity index (χ1n) is 7.33. The molecule has 0 fully saturated rings. The average Bonchev–Trinajstić information content (AvgIpc) is 2.99. The van der Waals surface area contributed by atoms with E-state index in [1.807, 2.05) is 33.8 Å². The number of carbonyl (C=O) groups is 2. The number of hydrogen-bond donors (Lipinski definition) is 1. The van der Waals surface area contributed by atoms with Gasteiger partial charge < -0.3 is 5.32 Å². The minimum atomic E-state index is -0.416. The van der Waals surface area contributed by atoms with Crippen molar-refractivity contribution in [2.75, 3.05) is 11.4 Å². The fourth-order valence-electron chi connectivity index (χ4n) is 2.09. The molecule has 128 valence electrons. The van der Waals surface area contributed by atoms with Crippen LogP contribution in [0.25, 0.3) is 0 Å². The number of nitrogens with zero attached hydrogens (tertiary/aromatic N) is 3. The van der Waals surface area contributed by atoms with E-state index in [0.717, 1.165) is 17.1 Å². The third-order valence-electron chi connectivity index (χ3n) is 3.03. The van der Waals surface area contributed by atoms with Crippen LogP contribution >= 0.6 is 23.1 Å². The van der Waals surface area contributed by atoms with Crippen molar-refractivity contribution in [3.05, 3.63) is 39.9 Å². The number of nitrogens with one attached hydrogen (secondary N) is 1. The number of rotatable bonds is 4. The van der Waals surface area contributed by atoms with Gasteiger partial charge in [-0.15, -0.1) is 5.10 Å². The van der Waals surface area contributed by atoms with Gasteiger partial charge >= 0.3 is 0 Å². The topological polar surface area (TPSA) is 75.2 Å². The van der Waals surface area contributed by atoms with E-state index in [4.69, 9.17) is 11.6 Å². The van der Waals surface area contributed by atoms with Crippen molar-refractivity contribution in [1.29, 1.82) is 0 Å². The molecule has 0 atom stereocenters. The molecule has 0 aliphatic rings. The number of hydrogen-bond acceptors (Lipinski definition) is 5. The van der Waals surface area contributed by atoms with Crippen molar-refractivity contribution >= 4 is 40.6 Å². The van der Waals surface area contributed by atoms with Gasteiger partial charge in [-0.2, -0.15) is 0 Å². The molecule has 1 aromatic heterocycles. The Morgan fingerprint density at radius 3 is 2.62 bits per heavy atom. The monoisotopic (exact) mass is 366 g/mol. The van der Waals surface area contributed by atoms with Crippen LogP contribution in [0.4, 0.5) is 5.69 Å². The van der Waals surface area contributed by atoms with Crippen molar-refractivity contribution in [1.82, 2.24) is 14.9 Å². The van der Waals surface area contributed by atoms with Gasteiger partial charge in [-0.05, 0) is 56.9 Å². The number of aromatic nitrogens is 2. The Hall–Kier alpha value is -1.99. The maximum Gasteiger partial charge on any atom is 0.280 e. The average molecular weight is 367 g/mol. The predicted octanol–water partition coefficient (Wildman–Crippen LogP) is 3.06. The molecule has 8 heteroatoms. The molecule has 0 bridgehead atoms. The van der Waals surface area contributed by atoms with Gasteiger partial charge in [0.2, 0.25) is 5.91 Å². The number of carbonyl (C=O) groups excluding carboxylic acids is 2. The molecular formula is C16H19ClN4O2S. The first kappa shape index (κ1) is 18.4. The lowest BCUT2D eigenvalue weighted by molar-refractivity contribution is -0.121. The molecule has 24 heavy (non-hydrogen) atoms. The van der Waals surface area contributed by atoms with E-state index in [1.54, 1.807) is 17.5 Å². The molecule has 0 saturated carbocycles. The summed E-state index contributed by atoms with van der Waals surface area (Å²) in [7, 11) is 0. The summed E-state index contributed by atoms with van der Waals surface area (Å²) in [6.07, 6.45) is 0. The zero-order chi connectivity index (χ0) is 17.9. The van der Waals surface area contributed by atoms with Gasteiger partial charge in [0.15, 0.2) is 5.69 Å². The lowest BCUT2D eigenvalue weighted by atomic mass is 10.1. The van der Waals surface area contributed by atoms with Crippen LogP contribution in [0.5, 0.6) is 0 Å². The second kappa shape index (κ2) is 7.27. The maximum absolute atomic E-state index is 12.8. The molecule has 2 amide bonds. The molecule has 0 aliphatic heterocycles. The van der Waals surface area contributed by atoms with E-state index in [9.17, 15) is 9.59 Å². The highest BCUT2D eigenvalue weighted by atomic mass is 35.5. The summed E-state index contributed by atoms with van der Waals surface area (Å²) in [5, 5.41) is 8.58. The number of amides is 2. The minimum absolute atomic E-state index is 0.156. The van der Waals surface area contributed by atoms with Gasteiger partial charge in [-0.1, -0.05) is 22.2 Å². The third kappa shape index (κ3) is 4.75.